The number of ether oxygens (including phenoxy) is 1. The quantitative estimate of drug-likeness (QED) is 0.681. The Morgan fingerprint density at radius 2 is 2.19 bits per heavy atom. The normalized spacial score (nSPS) is 10.5. The van der Waals surface area contributed by atoms with Crippen LogP contribution in [0.4, 0.5) is 5.69 Å². The van der Waals surface area contributed by atoms with E-state index in [9.17, 15) is 4.79 Å². The number of hydrogen-bond donors (Lipinski definition) is 2. The van der Waals surface area contributed by atoms with E-state index in [-0.39, 0.29) is 12.5 Å². The summed E-state index contributed by atoms with van der Waals surface area (Å²) in [6, 6.07) is 5.76. The number of methoxy groups -OCH3 is 1. The first-order valence-electron chi connectivity index (χ1n) is 7.05. The summed E-state index contributed by atoms with van der Waals surface area (Å²) in [5.41, 5.74) is 1.95. The fourth-order valence-electron chi connectivity index (χ4n) is 2.07. The number of benzene rings is 1. The summed E-state index contributed by atoms with van der Waals surface area (Å²) in [7, 11) is 3.54. The molecule has 0 heterocycles. The average Bonchev–Trinajstić information content (AvgIpc) is 2.43. The van der Waals surface area contributed by atoms with Crippen LogP contribution in [0.1, 0.15) is 12.5 Å². The molecule has 0 bridgehead atoms. The van der Waals surface area contributed by atoms with Gasteiger partial charge in [0.25, 0.3) is 0 Å². The highest BCUT2D eigenvalue weighted by Crippen LogP contribution is 2.29. The molecule has 0 saturated heterocycles. The first kappa shape index (κ1) is 17.8. The summed E-state index contributed by atoms with van der Waals surface area (Å²) in [4.78, 5) is 13.6. The first-order chi connectivity index (χ1) is 10.1. The lowest BCUT2D eigenvalue weighted by Gasteiger charge is -2.23. The molecule has 0 atom stereocenters. The molecule has 6 heteroatoms. The maximum absolute atomic E-state index is 11.7. The Hall–Kier alpha value is -1.30. The van der Waals surface area contributed by atoms with E-state index in [0.29, 0.717) is 24.7 Å². The summed E-state index contributed by atoms with van der Waals surface area (Å²) in [6.45, 7) is 4.91. The van der Waals surface area contributed by atoms with Gasteiger partial charge in [-0.2, -0.15) is 0 Å². The van der Waals surface area contributed by atoms with E-state index in [1.165, 1.54) is 0 Å². The zero-order chi connectivity index (χ0) is 15.7. The van der Waals surface area contributed by atoms with Crippen molar-refractivity contribution in [3.05, 3.63) is 28.8 Å². The molecule has 0 saturated carbocycles. The summed E-state index contributed by atoms with van der Waals surface area (Å²) in [6.07, 6.45) is 0. The molecular formula is C15H24ClN3O2. The topological polar surface area (TPSA) is 53.6 Å². The lowest BCUT2D eigenvalue weighted by molar-refractivity contribution is -0.119. The molecule has 0 unspecified atom stereocenters. The van der Waals surface area contributed by atoms with Crippen molar-refractivity contribution in [3.63, 3.8) is 0 Å². The Morgan fingerprint density at radius 1 is 1.43 bits per heavy atom. The van der Waals surface area contributed by atoms with Crippen LogP contribution < -0.4 is 15.5 Å². The molecule has 0 aliphatic heterocycles. The van der Waals surface area contributed by atoms with Crippen molar-refractivity contribution in [2.75, 3.05) is 45.3 Å². The molecule has 0 radical (unpaired) electrons. The molecule has 21 heavy (non-hydrogen) atoms. The van der Waals surface area contributed by atoms with Gasteiger partial charge in [0.05, 0.1) is 23.9 Å². The van der Waals surface area contributed by atoms with E-state index in [0.717, 1.165) is 17.8 Å². The molecule has 0 fully saturated rings. The van der Waals surface area contributed by atoms with E-state index < -0.39 is 0 Å². The number of amides is 1. The van der Waals surface area contributed by atoms with Crippen LogP contribution in [0.3, 0.4) is 0 Å². The van der Waals surface area contributed by atoms with Gasteiger partial charge in [0.15, 0.2) is 0 Å². The van der Waals surface area contributed by atoms with Gasteiger partial charge in [-0.1, -0.05) is 23.7 Å². The van der Waals surface area contributed by atoms with E-state index in [4.69, 9.17) is 16.3 Å². The third-order valence-electron chi connectivity index (χ3n) is 3.01. The van der Waals surface area contributed by atoms with Crippen LogP contribution in [0, 0.1) is 0 Å². The molecule has 0 aliphatic carbocycles. The molecule has 0 aromatic heterocycles. The maximum Gasteiger partial charge on any atom is 0.239 e. The van der Waals surface area contributed by atoms with E-state index in [2.05, 4.69) is 10.6 Å². The average molecular weight is 314 g/mol. The Kier molecular flexibility index (Phi) is 8.12. The SMILES string of the molecule is CCNC(=O)CN(C)c1c(Cl)cccc1CNCCOC. The van der Waals surface area contributed by atoms with Crippen molar-refractivity contribution >= 4 is 23.2 Å². The lowest BCUT2D eigenvalue weighted by atomic mass is 10.1. The van der Waals surface area contributed by atoms with Crippen molar-refractivity contribution < 1.29 is 9.53 Å². The molecule has 1 aromatic carbocycles. The second-order valence-corrected chi connectivity index (χ2v) is 5.13. The summed E-state index contributed by atoms with van der Waals surface area (Å²) >= 11 is 6.30. The van der Waals surface area contributed by atoms with Crippen molar-refractivity contribution in [1.82, 2.24) is 10.6 Å². The molecule has 0 spiro atoms. The highest BCUT2D eigenvalue weighted by Gasteiger charge is 2.14. The third-order valence-corrected chi connectivity index (χ3v) is 3.31. The number of likely N-dealkylation sites (N-methyl/N-ethyl adjacent to an activating group) is 2. The van der Waals surface area contributed by atoms with Gasteiger partial charge in [-0.3, -0.25) is 4.79 Å². The van der Waals surface area contributed by atoms with E-state index in [1.807, 2.05) is 37.1 Å². The van der Waals surface area contributed by atoms with Crippen LogP contribution in [-0.4, -0.2) is 46.3 Å². The number of carbonyl (C=O) groups is 1. The molecule has 1 rings (SSSR count). The number of nitrogens with one attached hydrogen (secondary N) is 2. The van der Waals surface area contributed by atoms with Gasteiger partial charge in [0, 0.05) is 33.8 Å². The highest BCUT2D eigenvalue weighted by molar-refractivity contribution is 6.33. The molecule has 118 valence electrons. The predicted octanol–water partition coefficient (Wildman–Crippen LogP) is 1.65. The number of carbonyl (C=O) groups excluding carboxylic acids is 1. The van der Waals surface area contributed by atoms with Crippen LogP contribution in [0.5, 0.6) is 0 Å². The number of anilines is 1. The fourth-order valence-corrected chi connectivity index (χ4v) is 2.41. The molecule has 2 N–H and O–H groups in total. The molecule has 5 nitrogen and oxygen atoms in total. The largest absolute Gasteiger partial charge is 0.383 e. The van der Waals surface area contributed by atoms with Crippen molar-refractivity contribution in [3.8, 4) is 0 Å². The smallest absolute Gasteiger partial charge is 0.239 e. The minimum atomic E-state index is -0.0155. The number of nitrogens with zero attached hydrogens (tertiary/aromatic N) is 1. The van der Waals surface area contributed by atoms with Gasteiger partial charge in [-0.15, -0.1) is 0 Å². The highest BCUT2D eigenvalue weighted by atomic mass is 35.5. The zero-order valence-corrected chi connectivity index (χ0v) is 13.7. The van der Waals surface area contributed by atoms with Gasteiger partial charge in [0.2, 0.25) is 5.91 Å². The van der Waals surface area contributed by atoms with Crippen molar-refractivity contribution in [2.24, 2.45) is 0 Å². The number of halogens is 1. The zero-order valence-electron chi connectivity index (χ0n) is 12.9. The maximum atomic E-state index is 11.7. The second kappa shape index (κ2) is 9.60. The fraction of sp³-hybridized carbons (Fsp3) is 0.533. The van der Waals surface area contributed by atoms with Crippen molar-refractivity contribution in [1.29, 1.82) is 0 Å². The Bertz CT molecular complexity index is 455. The van der Waals surface area contributed by atoms with Crippen LogP contribution >= 0.6 is 11.6 Å². The van der Waals surface area contributed by atoms with Gasteiger partial charge >= 0.3 is 0 Å². The monoisotopic (exact) mass is 313 g/mol. The lowest BCUT2D eigenvalue weighted by Crippen LogP contribution is -2.35. The van der Waals surface area contributed by atoms with Crippen LogP contribution in [0.15, 0.2) is 18.2 Å². The van der Waals surface area contributed by atoms with Crippen LogP contribution in [0.2, 0.25) is 5.02 Å². The molecule has 0 aliphatic rings. The standard InChI is InChI=1S/C15H24ClN3O2/c1-4-18-14(20)11-19(2)15-12(6-5-7-13(15)16)10-17-8-9-21-3/h5-7,17H,4,8-11H2,1-3H3,(H,18,20). The Labute approximate surface area is 131 Å². The molecule has 1 amide bonds. The summed E-state index contributed by atoms with van der Waals surface area (Å²) in [5.74, 6) is -0.0155. The van der Waals surface area contributed by atoms with Gasteiger partial charge in [-0.05, 0) is 18.6 Å². The second-order valence-electron chi connectivity index (χ2n) is 4.73. The molecular weight excluding hydrogens is 290 g/mol. The summed E-state index contributed by atoms with van der Waals surface area (Å²) in [5, 5.41) is 6.73. The van der Waals surface area contributed by atoms with E-state index >= 15 is 0 Å². The predicted molar refractivity (Wildman–Crippen MR) is 87.0 cm³/mol. The minimum Gasteiger partial charge on any atom is -0.383 e. The number of para-hydroxylation sites is 1. The number of rotatable bonds is 9. The Morgan fingerprint density at radius 3 is 2.86 bits per heavy atom. The summed E-state index contributed by atoms with van der Waals surface area (Å²) < 4.78 is 5.01. The van der Waals surface area contributed by atoms with Gasteiger partial charge in [-0.25, -0.2) is 0 Å². The third kappa shape index (κ3) is 5.91. The van der Waals surface area contributed by atoms with Crippen molar-refractivity contribution in [2.45, 2.75) is 13.5 Å². The van der Waals surface area contributed by atoms with Gasteiger partial charge in [0.1, 0.15) is 0 Å². The van der Waals surface area contributed by atoms with Crippen LogP contribution in [-0.2, 0) is 16.1 Å². The molecule has 1 aromatic rings. The van der Waals surface area contributed by atoms with Crippen LogP contribution in [0.25, 0.3) is 0 Å². The first-order valence-corrected chi connectivity index (χ1v) is 7.42. The Balaban J connectivity index is 2.76. The van der Waals surface area contributed by atoms with E-state index in [1.54, 1.807) is 7.11 Å². The number of hydrogen-bond acceptors (Lipinski definition) is 4. The van der Waals surface area contributed by atoms with Gasteiger partial charge < -0.3 is 20.3 Å². The minimum absolute atomic E-state index is 0.0155.